The molecule has 0 aliphatic heterocycles. The topological polar surface area (TPSA) is 3.88 Å². The lowest BCUT2D eigenvalue weighted by Gasteiger charge is -2.15. The summed E-state index contributed by atoms with van der Waals surface area (Å²) in [7, 11) is 0.645. The van der Waals surface area contributed by atoms with E-state index in [1.54, 1.807) is 0 Å². The minimum absolute atomic E-state index is 0.628. The van der Waals surface area contributed by atoms with Crippen molar-refractivity contribution < 1.29 is 17.7 Å². The molecular formula is C23H25F3NSi+. The molecule has 3 aromatic rings. The molecule has 0 atom stereocenters. The zero-order valence-electron chi connectivity index (χ0n) is 16.9. The summed E-state index contributed by atoms with van der Waals surface area (Å²) in [5.41, 5.74) is 4.36. The maximum absolute atomic E-state index is 12.8. The average Bonchev–Trinajstić information content (AvgIpc) is 2.61. The van der Waals surface area contributed by atoms with Crippen LogP contribution in [0.25, 0.3) is 22.4 Å². The van der Waals surface area contributed by atoms with Crippen LogP contribution in [0.1, 0.15) is 11.1 Å². The number of pyridine rings is 1. The van der Waals surface area contributed by atoms with Gasteiger partial charge in [-0.05, 0) is 41.8 Å². The summed E-state index contributed by atoms with van der Waals surface area (Å²) >= 11 is 0. The fourth-order valence-electron chi connectivity index (χ4n) is 3.26. The van der Waals surface area contributed by atoms with Crippen LogP contribution < -0.4 is 9.75 Å². The fraction of sp³-hybridized carbons (Fsp3) is 0.261. The molecule has 0 aliphatic rings. The third-order valence-electron chi connectivity index (χ3n) is 5.06. The molecule has 0 aliphatic carbocycles. The highest BCUT2D eigenvalue weighted by atomic mass is 28.3. The molecule has 0 unspecified atom stereocenters. The molecule has 1 aromatic heterocycles. The lowest BCUT2D eigenvalue weighted by atomic mass is 9.97. The second kappa shape index (κ2) is 7.21. The first-order valence-corrected chi connectivity index (χ1v) is 12.8. The molecule has 0 saturated carbocycles. The van der Waals surface area contributed by atoms with Crippen molar-refractivity contribution in [3.8, 4) is 22.4 Å². The van der Waals surface area contributed by atoms with Crippen molar-refractivity contribution >= 4 is 13.3 Å². The first-order valence-electron chi connectivity index (χ1n) is 9.25. The van der Waals surface area contributed by atoms with Crippen LogP contribution in [-0.2, 0) is 13.2 Å². The van der Waals surface area contributed by atoms with E-state index in [1.807, 2.05) is 19.2 Å². The van der Waals surface area contributed by atoms with Crippen LogP contribution in [-0.4, -0.2) is 8.07 Å². The Bertz CT molecular complexity index is 1000. The maximum atomic E-state index is 12.8. The first kappa shape index (κ1) is 20.3. The highest BCUT2D eigenvalue weighted by molar-refractivity contribution is 6.88. The normalized spacial score (nSPS) is 12.3. The van der Waals surface area contributed by atoms with Crippen molar-refractivity contribution in [1.82, 2.24) is 0 Å². The highest BCUT2D eigenvalue weighted by Gasteiger charge is 2.30. The van der Waals surface area contributed by atoms with Gasteiger partial charge in [0.2, 0.25) is 5.69 Å². The second-order valence-corrected chi connectivity index (χ2v) is 13.3. The van der Waals surface area contributed by atoms with Crippen molar-refractivity contribution in [2.45, 2.75) is 32.7 Å². The molecule has 0 saturated heterocycles. The Labute approximate surface area is 165 Å². The third kappa shape index (κ3) is 4.19. The van der Waals surface area contributed by atoms with Gasteiger partial charge in [-0.15, -0.1) is 0 Å². The highest BCUT2D eigenvalue weighted by Crippen LogP contribution is 2.32. The van der Waals surface area contributed by atoms with E-state index >= 15 is 0 Å². The molecule has 5 heteroatoms. The number of hydrogen-bond acceptors (Lipinski definition) is 0. The van der Waals surface area contributed by atoms with Crippen molar-refractivity contribution in [1.29, 1.82) is 0 Å². The van der Waals surface area contributed by atoms with Gasteiger partial charge in [0, 0.05) is 16.8 Å². The summed E-state index contributed by atoms with van der Waals surface area (Å²) in [6.45, 7) is 9.01. The minimum atomic E-state index is -4.32. The summed E-state index contributed by atoms with van der Waals surface area (Å²) in [4.78, 5) is 0. The van der Waals surface area contributed by atoms with Gasteiger partial charge in [-0.1, -0.05) is 50.0 Å². The van der Waals surface area contributed by atoms with Crippen molar-refractivity contribution in [3.05, 3.63) is 71.9 Å². The molecule has 0 fully saturated rings. The van der Waals surface area contributed by atoms with Crippen LogP contribution in [0.3, 0.4) is 0 Å². The molecule has 0 spiro atoms. The zero-order valence-corrected chi connectivity index (χ0v) is 17.9. The van der Waals surface area contributed by atoms with E-state index in [9.17, 15) is 13.2 Å². The van der Waals surface area contributed by atoms with E-state index in [0.29, 0.717) is 0 Å². The Balaban J connectivity index is 2.03. The van der Waals surface area contributed by atoms with E-state index in [-0.39, 0.29) is 0 Å². The number of alkyl halides is 3. The van der Waals surface area contributed by atoms with Gasteiger partial charge in [-0.2, -0.15) is 13.2 Å². The number of aromatic nitrogens is 1. The lowest BCUT2D eigenvalue weighted by Crippen LogP contribution is -2.44. The van der Waals surface area contributed by atoms with Gasteiger partial charge < -0.3 is 0 Å². The number of aryl methyl sites for hydroxylation is 2. The van der Waals surface area contributed by atoms with Gasteiger partial charge in [0.1, 0.15) is 7.05 Å². The summed E-state index contributed by atoms with van der Waals surface area (Å²) in [5, 5.41) is 1.38. The quantitative estimate of drug-likeness (QED) is 0.391. The molecule has 0 N–H and O–H groups in total. The number of rotatable bonds is 3. The predicted octanol–water partition coefficient (Wildman–Crippen LogP) is 5.72. The maximum Gasteiger partial charge on any atom is 0.416 e. The van der Waals surface area contributed by atoms with Crippen molar-refractivity contribution in [2.75, 3.05) is 0 Å². The van der Waals surface area contributed by atoms with Gasteiger partial charge in [-0.3, -0.25) is 0 Å². The molecule has 1 nitrogen and oxygen atoms in total. The Kier molecular flexibility index (Phi) is 5.23. The lowest BCUT2D eigenvalue weighted by molar-refractivity contribution is -0.659. The molecule has 3 rings (SSSR count). The summed E-state index contributed by atoms with van der Waals surface area (Å²) in [6.07, 6.45) is -2.12. The molecule has 146 valence electrons. The van der Waals surface area contributed by atoms with Crippen LogP contribution in [0.15, 0.2) is 60.8 Å². The molecule has 0 radical (unpaired) electrons. The predicted molar refractivity (Wildman–Crippen MR) is 111 cm³/mol. The van der Waals surface area contributed by atoms with E-state index in [4.69, 9.17) is 0 Å². The number of nitrogens with zero attached hydrogens (tertiary/aromatic N) is 1. The van der Waals surface area contributed by atoms with Gasteiger partial charge in [0.05, 0.1) is 13.6 Å². The van der Waals surface area contributed by atoms with Crippen LogP contribution >= 0.6 is 0 Å². The van der Waals surface area contributed by atoms with Crippen LogP contribution in [0.2, 0.25) is 19.6 Å². The van der Waals surface area contributed by atoms with Crippen molar-refractivity contribution in [2.24, 2.45) is 7.05 Å². The zero-order chi connectivity index (χ0) is 20.7. The third-order valence-corrected chi connectivity index (χ3v) is 7.09. The molecule has 0 amide bonds. The average molecular weight is 401 g/mol. The number of halogens is 3. The van der Waals surface area contributed by atoms with E-state index in [2.05, 4.69) is 55.5 Å². The molecule has 1 heterocycles. The van der Waals surface area contributed by atoms with Crippen LogP contribution in [0.5, 0.6) is 0 Å². The smallest absolute Gasteiger partial charge is 0.201 e. The standard InChI is InChI=1S/C23H25F3NSi/c1-16-6-7-18(17-8-10-19(11-9-17)23(24,25)26)14-21(16)22-13-12-20(15-27(22)2)28(3,4)5/h6-15H,1-5H3/q+1. The fourth-order valence-corrected chi connectivity index (χ4v) is 4.42. The Morgan fingerprint density at radius 3 is 1.96 bits per heavy atom. The van der Waals surface area contributed by atoms with Gasteiger partial charge >= 0.3 is 6.18 Å². The van der Waals surface area contributed by atoms with Crippen LogP contribution in [0, 0.1) is 6.92 Å². The monoisotopic (exact) mass is 400 g/mol. The first-order chi connectivity index (χ1) is 13.0. The largest absolute Gasteiger partial charge is 0.416 e. The Hall–Kier alpha value is -2.40. The molecule has 2 aromatic carbocycles. The van der Waals surface area contributed by atoms with Gasteiger partial charge in [0.15, 0.2) is 6.20 Å². The molecule has 28 heavy (non-hydrogen) atoms. The van der Waals surface area contributed by atoms with Gasteiger partial charge in [0.25, 0.3) is 0 Å². The Morgan fingerprint density at radius 2 is 1.43 bits per heavy atom. The Morgan fingerprint density at radius 1 is 0.821 bits per heavy atom. The summed E-state index contributed by atoms with van der Waals surface area (Å²) in [5.74, 6) is 0. The van der Waals surface area contributed by atoms with Crippen LogP contribution in [0.4, 0.5) is 13.2 Å². The van der Waals surface area contributed by atoms with E-state index < -0.39 is 19.8 Å². The summed E-state index contributed by atoms with van der Waals surface area (Å²) < 4.78 is 40.6. The van der Waals surface area contributed by atoms with E-state index in [1.165, 1.54) is 17.3 Å². The SMILES string of the molecule is Cc1ccc(-c2ccc(C(F)(F)F)cc2)cc1-c1ccc([Si](C)(C)C)c[n+]1C. The second-order valence-electron chi connectivity index (χ2n) is 8.27. The number of benzene rings is 2. The van der Waals surface area contributed by atoms with Gasteiger partial charge in [-0.25, -0.2) is 4.57 Å². The van der Waals surface area contributed by atoms with Crippen molar-refractivity contribution in [3.63, 3.8) is 0 Å². The van der Waals surface area contributed by atoms with E-state index in [0.717, 1.165) is 40.1 Å². The summed E-state index contributed by atoms with van der Waals surface area (Å²) in [6, 6.07) is 15.7. The molecular weight excluding hydrogens is 375 g/mol. The minimum Gasteiger partial charge on any atom is -0.201 e. The number of hydrogen-bond donors (Lipinski definition) is 0. The molecule has 0 bridgehead atoms.